The Kier molecular flexibility index (Phi) is 16.5. The van der Waals surface area contributed by atoms with Gasteiger partial charge in [0.25, 0.3) is 0 Å². The Labute approximate surface area is 161 Å². The third-order valence-electron chi connectivity index (χ3n) is 2.78. The highest BCUT2D eigenvalue weighted by Gasteiger charge is 2.04. The lowest BCUT2D eigenvalue weighted by Gasteiger charge is -2.12. The molecule has 1 amide bonds. The van der Waals surface area contributed by atoms with Crippen LogP contribution in [0.1, 0.15) is 47.5 Å². The Morgan fingerprint density at radius 1 is 1.12 bits per heavy atom. The first kappa shape index (κ1) is 24.5. The molecule has 2 N–H and O–H groups in total. The first-order valence-corrected chi connectivity index (χ1v) is 11.3. The summed E-state index contributed by atoms with van der Waals surface area (Å²) in [5.74, 6) is 7.24. The van der Waals surface area contributed by atoms with Crippen molar-refractivity contribution >= 4 is 27.7 Å². The number of carbonyl (C=O) groups excluding carboxylic acids is 1. The van der Waals surface area contributed by atoms with E-state index in [1.165, 1.54) is 0 Å². The van der Waals surface area contributed by atoms with Crippen molar-refractivity contribution in [3.8, 4) is 11.8 Å². The maximum absolute atomic E-state index is 11.4. The second-order valence-electron chi connectivity index (χ2n) is 6.14. The molecule has 5 nitrogen and oxygen atoms in total. The second kappa shape index (κ2) is 16.9. The number of ether oxygens (including phenoxy) is 2. The predicted octanol–water partition coefficient (Wildman–Crippen LogP) is 3.89. The summed E-state index contributed by atoms with van der Waals surface area (Å²) < 4.78 is 10.8. The first-order valence-electron chi connectivity index (χ1n) is 8.94. The summed E-state index contributed by atoms with van der Waals surface area (Å²) >= 11 is 0. The molecule has 0 bridgehead atoms. The van der Waals surface area contributed by atoms with Crippen LogP contribution in [-0.4, -0.2) is 49.6 Å². The SMILES string of the molecule is CC(C)C#CCNC(=O)OCCCCOC(C)SSCCNC(C)C. The van der Waals surface area contributed by atoms with Crippen LogP contribution in [0.3, 0.4) is 0 Å². The summed E-state index contributed by atoms with van der Waals surface area (Å²) in [7, 11) is 3.58. The summed E-state index contributed by atoms with van der Waals surface area (Å²) in [5, 5.41) is 6.00. The van der Waals surface area contributed by atoms with Crippen LogP contribution < -0.4 is 10.6 Å². The Morgan fingerprint density at radius 3 is 2.52 bits per heavy atom. The molecule has 0 heterocycles. The lowest BCUT2D eigenvalue weighted by molar-refractivity contribution is 0.109. The average Bonchev–Trinajstić information content (AvgIpc) is 2.54. The van der Waals surface area contributed by atoms with Gasteiger partial charge in [0.05, 0.1) is 13.2 Å². The summed E-state index contributed by atoms with van der Waals surface area (Å²) in [4.78, 5) is 11.4. The van der Waals surface area contributed by atoms with Crippen LogP contribution >= 0.6 is 21.6 Å². The van der Waals surface area contributed by atoms with Gasteiger partial charge in [-0.2, -0.15) is 0 Å². The summed E-state index contributed by atoms with van der Waals surface area (Å²) in [6.45, 7) is 12.8. The Bertz CT molecular complexity index is 396. The number of hydrogen-bond acceptors (Lipinski definition) is 6. The first-order chi connectivity index (χ1) is 11.9. The van der Waals surface area contributed by atoms with Crippen molar-refractivity contribution in [3.05, 3.63) is 0 Å². The second-order valence-corrected chi connectivity index (χ2v) is 8.92. The van der Waals surface area contributed by atoms with Crippen LogP contribution in [0.15, 0.2) is 0 Å². The van der Waals surface area contributed by atoms with Crippen LogP contribution in [0.25, 0.3) is 0 Å². The summed E-state index contributed by atoms with van der Waals surface area (Å²) in [5.41, 5.74) is 0.174. The smallest absolute Gasteiger partial charge is 0.407 e. The number of carbonyl (C=O) groups is 1. The van der Waals surface area contributed by atoms with Gasteiger partial charge in [-0.25, -0.2) is 4.79 Å². The van der Waals surface area contributed by atoms with E-state index >= 15 is 0 Å². The number of nitrogens with one attached hydrogen (secondary N) is 2. The third kappa shape index (κ3) is 19.6. The molecule has 0 aromatic heterocycles. The molecule has 0 fully saturated rings. The highest BCUT2D eigenvalue weighted by molar-refractivity contribution is 8.76. The fourth-order valence-electron chi connectivity index (χ4n) is 1.60. The van der Waals surface area contributed by atoms with Crippen LogP contribution in [0.4, 0.5) is 4.79 Å². The maximum Gasteiger partial charge on any atom is 0.407 e. The van der Waals surface area contributed by atoms with Crippen molar-refractivity contribution in [3.63, 3.8) is 0 Å². The fraction of sp³-hybridized carbons (Fsp3) is 0.833. The number of unbranched alkanes of at least 4 members (excludes halogenated alkanes) is 1. The third-order valence-corrected chi connectivity index (χ3v) is 5.41. The monoisotopic (exact) mass is 390 g/mol. The topological polar surface area (TPSA) is 59.6 Å². The van der Waals surface area contributed by atoms with E-state index in [2.05, 4.69) is 43.2 Å². The molecular formula is C18H34N2O3S2. The number of alkyl carbamates (subject to hydrolysis) is 1. The molecule has 0 aromatic carbocycles. The van der Waals surface area contributed by atoms with Gasteiger partial charge in [-0.3, -0.25) is 0 Å². The van der Waals surface area contributed by atoms with Crippen molar-refractivity contribution in [1.82, 2.24) is 10.6 Å². The molecule has 0 aromatic rings. The maximum atomic E-state index is 11.4. The van der Waals surface area contributed by atoms with Crippen LogP contribution in [-0.2, 0) is 9.47 Å². The van der Waals surface area contributed by atoms with Crippen molar-refractivity contribution in [2.75, 3.05) is 32.1 Å². The molecule has 0 saturated carbocycles. The molecule has 0 radical (unpaired) electrons. The lowest BCUT2D eigenvalue weighted by Crippen LogP contribution is -2.25. The normalized spacial score (nSPS) is 12.0. The van der Waals surface area contributed by atoms with Gasteiger partial charge in [-0.05, 0) is 19.8 Å². The van der Waals surface area contributed by atoms with E-state index in [1.54, 1.807) is 10.8 Å². The average molecular weight is 391 g/mol. The fourth-order valence-corrected chi connectivity index (χ4v) is 3.52. The van der Waals surface area contributed by atoms with Gasteiger partial charge in [-0.1, -0.05) is 61.1 Å². The van der Waals surface area contributed by atoms with Gasteiger partial charge in [-0.15, -0.1) is 0 Å². The van der Waals surface area contributed by atoms with Crippen molar-refractivity contribution in [1.29, 1.82) is 0 Å². The van der Waals surface area contributed by atoms with Crippen LogP contribution in [0.5, 0.6) is 0 Å². The Hall–Kier alpha value is -0.550. The van der Waals surface area contributed by atoms with Crippen molar-refractivity contribution < 1.29 is 14.3 Å². The standard InChI is InChI=1S/C18H34N2O3S2/c1-15(2)9-8-10-20-18(21)23-13-7-6-12-22-17(5)25-24-14-11-19-16(3)4/h15-17,19H,6-7,10-14H2,1-5H3,(H,20,21). The highest BCUT2D eigenvalue weighted by atomic mass is 33.1. The molecule has 7 heteroatoms. The van der Waals surface area contributed by atoms with Crippen LogP contribution in [0, 0.1) is 17.8 Å². The minimum atomic E-state index is -0.408. The van der Waals surface area contributed by atoms with Gasteiger partial charge in [0, 0.05) is 30.9 Å². The van der Waals surface area contributed by atoms with E-state index in [4.69, 9.17) is 9.47 Å². The Morgan fingerprint density at radius 2 is 1.84 bits per heavy atom. The molecule has 0 spiro atoms. The van der Waals surface area contributed by atoms with Crippen molar-refractivity contribution in [2.24, 2.45) is 5.92 Å². The zero-order valence-electron chi connectivity index (χ0n) is 16.2. The van der Waals surface area contributed by atoms with Gasteiger partial charge in [0.2, 0.25) is 0 Å². The van der Waals surface area contributed by atoms with Crippen LogP contribution in [0.2, 0.25) is 0 Å². The van der Waals surface area contributed by atoms with Crippen molar-refractivity contribution in [2.45, 2.75) is 58.9 Å². The molecule has 25 heavy (non-hydrogen) atoms. The van der Waals surface area contributed by atoms with Gasteiger partial charge < -0.3 is 20.1 Å². The molecule has 0 aliphatic carbocycles. The van der Waals surface area contributed by atoms with Gasteiger partial charge >= 0.3 is 6.09 Å². The highest BCUT2D eigenvalue weighted by Crippen LogP contribution is 2.26. The molecule has 0 saturated heterocycles. The Balaban J connectivity index is 3.39. The van der Waals surface area contributed by atoms with E-state index in [1.807, 2.05) is 24.6 Å². The molecule has 1 unspecified atom stereocenters. The number of amides is 1. The summed E-state index contributed by atoms with van der Waals surface area (Å²) in [6, 6.07) is 0.538. The minimum absolute atomic E-state index is 0.174. The summed E-state index contributed by atoms with van der Waals surface area (Å²) in [6.07, 6.45) is 1.27. The molecule has 0 rings (SSSR count). The van der Waals surface area contributed by atoms with E-state index in [9.17, 15) is 4.79 Å². The number of rotatable bonds is 13. The zero-order chi connectivity index (χ0) is 18.9. The quantitative estimate of drug-likeness (QED) is 0.215. The predicted molar refractivity (Wildman–Crippen MR) is 110 cm³/mol. The van der Waals surface area contributed by atoms with E-state index in [0.29, 0.717) is 31.7 Å². The van der Waals surface area contributed by atoms with E-state index in [-0.39, 0.29) is 5.44 Å². The molecule has 0 aliphatic heterocycles. The lowest BCUT2D eigenvalue weighted by atomic mass is 10.2. The molecule has 146 valence electrons. The van der Waals surface area contributed by atoms with E-state index in [0.717, 1.165) is 25.1 Å². The van der Waals surface area contributed by atoms with Gasteiger partial charge in [0.1, 0.15) is 5.44 Å². The minimum Gasteiger partial charge on any atom is -0.450 e. The zero-order valence-corrected chi connectivity index (χ0v) is 17.9. The number of hydrogen-bond donors (Lipinski definition) is 2. The van der Waals surface area contributed by atoms with Gasteiger partial charge in [0.15, 0.2) is 0 Å². The molecular weight excluding hydrogens is 356 g/mol. The molecule has 0 aliphatic rings. The largest absolute Gasteiger partial charge is 0.450 e. The molecule has 1 atom stereocenters. The van der Waals surface area contributed by atoms with E-state index < -0.39 is 6.09 Å².